The summed E-state index contributed by atoms with van der Waals surface area (Å²) in [5, 5.41) is 3.30. The van der Waals surface area contributed by atoms with Gasteiger partial charge in [-0.3, -0.25) is 0 Å². The lowest BCUT2D eigenvalue weighted by atomic mass is 9.99. The largest absolute Gasteiger partial charge is 0.338 e. The van der Waals surface area contributed by atoms with Gasteiger partial charge < -0.3 is 10.3 Å². The van der Waals surface area contributed by atoms with Crippen LogP contribution in [0.25, 0.3) is 0 Å². The van der Waals surface area contributed by atoms with Crippen LogP contribution < -0.4 is 5.73 Å². The highest BCUT2D eigenvalue weighted by molar-refractivity contribution is 7.91. The fraction of sp³-hybridized carbons (Fsp3) is 0.833. The Labute approximate surface area is 112 Å². The van der Waals surface area contributed by atoms with E-state index in [-0.39, 0.29) is 11.6 Å². The second-order valence-corrected chi connectivity index (χ2v) is 7.97. The van der Waals surface area contributed by atoms with Crippen LogP contribution in [0, 0.1) is 0 Å². The molecule has 2 fully saturated rings. The van der Waals surface area contributed by atoms with Crippen molar-refractivity contribution in [1.82, 2.24) is 10.1 Å². The maximum atomic E-state index is 12.0. The summed E-state index contributed by atoms with van der Waals surface area (Å²) in [7, 11) is -3.14. The third kappa shape index (κ3) is 2.29. The first-order chi connectivity index (χ1) is 9.01. The first-order valence-corrected chi connectivity index (χ1v) is 8.57. The Morgan fingerprint density at radius 3 is 2.63 bits per heavy atom. The second-order valence-electron chi connectivity index (χ2n) is 5.67. The monoisotopic (exact) mass is 285 g/mol. The maximum absolute atomic E-state index is 12.0. The smallest absolute Gasteiger partial charge is 0.245 e. The van der Waals surface area contributed by atoms with E-state index >= 15 is 0 Å². The minimum absolute atomic E-state index is 0.211. The average molecular weight is 285 g/mol. The van der Waals surface area contributed by atoms with Gasteiger partial charge in [0, 0.05) is 0 Å². The van der Waals surface area contributed by atoms with Gasteiger partial charge in [-0.2, -0.15) is 4.98 Å². The summed E-state index contributed by atoms with van der Waals surface area (Å²) in [6.45, 7) is 0. The van der Waals surface area contributed by atoms with Gasteiger partial charge in [0.15, 0.2) is 15.7 Å². The molecule has 6 nitrogen and oxygen atoms in total. The molecule has 1 atom stereocenters. The molecule has 1 unspecified atom stereocenters. The van der Waals surface area contributed by atoms with Crippen molar-refractivity contribution in [3.05, 3.63) is 11.7 Å². The van der Waals surface area contributed by atoms with E-state index in [1.165, 1.54) is 0 Å². The second kappa shape index (κ2) is 4.56. The Balaban J connectivity index is 1.89. The van der Waals surface area contributed by atoms with Crippen molar-refractivity contribution in [2.24, 2.45) is 5.73 Å². The highest BCUT2D eigenvalue weighted by Gasteiger charge is 2.39. The maximum Gasteiger partial charge on any atom is 0.245 e. The molecular weight excluding hydrogens is 266 g/mol. The molecule has 1 saturated heterocycles. The normalized spacial score (nSPS) is 29.4. The molecule has 0 aromatic carbocycles. The zero-order chi connectivity index (χ0) is 13.5. The Kier molecular flexibility index (Phi) is 3.13. The molecule has 2 N–H and O–H groups in total. The molecule has 1 aliphatic carbocycles. The van der Waals surface area contributed by atoms with E-state index in [2.05, 4.69) is 10.1 Å². The van der Waals surface area contributed by atoms with Gasteiger partial charge in [-0.25, -0.2) is 8.42 Å². The van der Waals surface area contributed by atoms with E-state index in [1.807, 2.05) is 0 Å². The van der Waals surface area contributed by atoms with Crippen molar-refractivity contribution >= 4 is 9.84 Å². The SMILES string of the molecule is NC1(c2noc(C3CCCCS3(=O)=O)n2)CCCC1. The molecule has 0 radical (unpaired) electrons. The van der Waals surface area contributed by atoms with Crippen LogP contribution in [0.3, 0.4) is 0 Å². The standard InChI is InChI=1S/C12H19N3O3S/c13-12(6-2-3-7-12)11-14-10(18-15-11)9-5-1-4-8-19(9,16)17/h9H,1-8,13H2. The van der Waals surface area contributed by atoms with E-state index in [0.717, 1.165) is 38.5 Å². The van der Waals surface area contributed by atoms with Gasteiger partial charge in [-0.05, 0) is 25.7 Å². The average Bonchev–Trinajstić information content (AvgIpc) is 2.98. The number of aromatic nitrogens is 2. The predicted molar refractivity (Wildman–Crippen MR) is 69.0 cm³/mol. The molecule has 106 valence electrons. The summed E-state index contributed by atoms with van der Waals surface area (Å²) >= 11 is 0. The van der Waals surface area contributed by atoms with Crippen LogP contribution in [-0.4, -0.2) is 24.3 Å². The first kappa shape index (κ1) is 13.1. The van der Waals surface area contributed by atoms with E-state index < -0.39 is 20.6 Å². The van der Waals surface area contributed by atoms with E-state index in [4.69, 9.17) is 10.3 Å². The highest BCUT2D eigenvalue weighted by atomic mass is 32.2. The summed E-state index contributed by atoms with van der Waals surface area (Å²) in [4.78, 5) is 4.30. The van der Waals surface area contributed by atoms with Gasteiger partial charge in [0.1, 0.15) is 5.25 Å². The van der Waals surface area contributed by atoms with Crippen LogP contribution >= 0.6 is 0 Å². The van der Waals surface area contributed by atoms with Crippen molar-refractivity contribution in [3.63, 3.8) is 0 Å². The number of hydrogen-bond acceptors (Lipinski definition) is 6. The van der Waals surface area contributed by atoms with Crippen LogP contribution in [0.4, 0.5) is 0 Å². The summed E-state index contributed by atoms with van der Waals surface area (Å²) < 4.78 is 29.3. The molecule has 7 heteroatoms. The molecule has 2 aliphatic rings. The lowest BCUT2D eigenvalue weighted by molar-refractivity contribution is 0.340. The lowest BCUT2D eigenvalue weighted by Crippen LogP contribution is -2.34. The molecule has 0 bridgehead atoms. The zero-order valence-corrected chi connectivity index (χ0v) is 11.7. The van der Waals surface area contributed by atoms with Gasteiger partial charge in [0.2, 0.25) is 5.89 Å². The Bertz CT molecular complexity index is 561. The lowest BCUT2D eigenvalue weighted by Gasteiger charge is -2.19. The summed E-state index contributed by atoms with van der Waals surface area (Å²) in [5.74, 6) is 0.913. The van der Waals surface area contributed by atoms with Crippen molar-refractivity contribution in [1.29, 1.82) is 0 Å². The van der Waals surface area contributed by atoms with Crippen molar-refractivity contribution in [2.45, 2.75) is 55.7 Å². The Morgan fingerprint density at radius 2 is 1.95 bits per heavy atom. The van der Waals surface area contributed by atoms with Crippen LogP contribution in [-0.2, 0) is 15.4 Å². The fourth-order valence-corrected chi connectivity index (χ4v) is 4.85. The van der Waals surface area contributed by atoms with Crippen LogP contribution in [0.2, 0.25) is 0 Å². The predicted octanol–water partition coefficient (Wildman–Crippen LogP) is 1.44. The fourth-order valence-electron chi connectivity index (χ4n) is 3.03. The van der Waals surface area contributed by atoms with Crippen molar-refractivity contribution < 1.29 is 12.9 Å². The van der Waals surface area contributed by atoms with Gasteiger partial charge in [0.05, 0.1) is 11.3 Å². The van der Waals surface area contributed by atoms with Gasteiger partial charge in [-0.1, -0.05) is 24.4 Å². The molecule has 1 aromatic rings. The topological polar surface area (TPSA) is 99.1 Å². The zero-order valence-electron chi connectivity index (χ0n) is 10.8. The number of sulfone groups is 1. The number of hydrogen-bond donors (Lipinski definition) is 1. The third-order valence-electron chi connectivity index (χ3n) is 4.24. The molecule has 0 spiro atoms. The highest BCUT2D eigenvalue weighted by Crippen LogP contribution is 2.37. The van der Waals surface area contributed by atoms with Crippen LogP contribution in [0.15, 0.2) is 4.52 Å². The van der Waals surface area contributed by atoms with Crippen LogP contribution in [0.5, 0.6) is 0 Å². The van der Waals surface area contributed by atoms with Crippen molar-refractivity contribution in [3.8, 4) is 0 Å². The Morgan fingerprint density at radius 1 is 1.21 bits per heavy atom. The van der Waals surface area contributed by atoms with E-state index in [0.29, 0.717) is 12.2 Å². The molecule has 19 heavy (non-hydrogen) atoms. The molecule has 0 amide bonds. The van der Waals surface area contributed by atoms with Gasteiger partial charge in [0.25, 0.3) is 0 Å². The third-order valence-corrected chi connectivity index (χ3v) is 6.40. The quantitative estimate of drug-likeness (QED) is 0.882. The molecule has 1 aromatic heterocycles. The molecule has 3 rings (SSSR count). The molecular formula is C12H19N3O3S. The molecule has 2 heterocycles. The van der Waals surface area contributed by atoms with E-state index in [9.17, 15) is 8.42 Å². The Hall–Kier alpha value is -0.950. The number of nitrogens with zero attached hydrogens (tertiary/aromatic N) is 2. The van der Waals surface area contributed by atoms with Crippen molar-refractivity contribution in [2.75, 3.05) is 5.75 Å². The number of nitrogens with two attached hydrogens (primary N) is 1. The minimum atomic E-state index is -3.14. The van der Waals surface area contributed by atoms with Crippen LogP contribution in [0.1, 0.15) is 61.9 Å². The molecule has 1 saturated carbocycles. The summed E-state index contributed by atoms with van der Waals surface area (Å²) in [5.41, 5.74) is 5.73. The van der Waals surface area contributed by atoms with E-state index in [1.54, 1.807) is 0 Å². The summed E-state index contributed by atoms with van der Waals surface area (Å²) in [6, 6.07) is 0. The first-order valence-electron chi connectivity index (χ1n) is 6.86. The minimum Gasteiger partial charge on any atom is -0.338 e. The molecule has 1 aliphatic heterocycles. The van der Waals surface area contributed by atoms with Gasteiger partial charge >= 0.3 is 0 Å². The summed E-state index contributed by atoms with van der Waals surface area (Å²) in [6.07, 6.45) is 5.97. The number of rotatable bonds is 2. The van der Waals surface area contributed by atoms with Gasteiger partial charge in [-0.15, -0.1) is 0 Å².